The molecule has 1 unspecified atom stereocenters. The molecular weight excluding hydrogens is 320 g/mol. The van der Waals surface area contributed by atoms with Crippen LogP contribution in [-0.4, -0.2) is 24.2 Å². The van der Waals surface area contributed by atoms with Crippen LogP contribution in [-0.2, 0) is 0 Å². The zero-order valence-electron chi connectivity index (χ0n) is 13.6. The summed E-state index contributed by atoms with van der Waals surface area (Å²) >= 11 is 0. The Balaban J connectivity index is 1.97. The number of carbonyl (C=O) groups is 1. The maximum absolute atomic E-state index is 12.2. The molecule has 0 saturated heterocycles. The second kappa shape index (κ2) is 7.44. The highest BCUT2D eigenvalue weighted by Gasteiger charge is 2.19. The quantitative estimate of drug-likeness (QED) is 0.847. The molecule has 2 rings (SSSR count). The molecule has 24 heavy (non-hydrogen) atoms. The molecule has 0 bridgehead atoms. The molecule has 0 aliphatic rings. The summed E-state index contributed by atoms with van der Waals surface area (Å²) < 4.78 is 33.8. The van der Waals surface area contributed by atoms with Gasteiger partial charge in [0.2, 0.25) is 0 Å². The number of alkyl halides is 2. The molecule has 0 saturated carbocycles. The average molecular weight is 339 g/mol. The minimum atomic E-state index is -2.90. The zero-order valence-corrected chi connectivity index (χ0v) is 13.6. The van der Waals surface area contributed by atoms with E-state index in [1.54, 1.807) is 20.8 Å². The molecule has 0 aliphatic carbocycles. The molecule has 1 heterocycles. The summed E-state index contributed by atoms with van der Waals surface area (Å²) in [7, 11) is 0. The van der Waals surface area contributed by atoms with Crippen molar-refractivity contribution in [2.45, 2.75) is 33.5 Å². The largest absolute Gasteiger partial charge is 0.466 e. The molecule has 2 N–H and O–H groups in total. The number of aliphatic hydroxyl groups excluding tert-OH is 1. The molecule has 1 aromatic heterocycles. The van der Waals surface area contributed by atoms with Gasteiger partial charge in [0.05, 0.1) is 11.7 Å². The van der Waals surface area contributed by atoms with Gasteiger partial charge in [-0.15, -0.1) is 0 Å². The molecule has 0 spiro atoms. The standard InChI is InChI=1S/C17H19F2NO4/c1-9-10(2)23-11(3)15(9)16(22)20-8-14(21)12-4-6-13(7-5-12)24-17(18)19/h4-7,14,17,21H,8H2,1-3H3,(H,20,22). The molecular formula is C17H19F2NO4. The summed E-state index contributed by atoms with van der Waals surface area (Å²) in [5.41, 5.74) is 1.70. The second-order valence-electron chi connectivity index (χ2n) is 5.39. The van der Waals surface area contributed by atoms with Gasteiger partial charge in [0.25, 0.3) is 5.91 Å². The van der Waals surface area contributed by atoms with E-state index in [0.717, 1.165) is 5.56 Å². The second-order valence-corrected chi connectivity index (χ2v) is 5.39. The summed E-state index contributed by atoms with van der Waals surface area (Å²) in [5.74, 6) is 0.863. The van der Waals surface area contributed by atoms with Gasteiger partial charge in [-0.3, -0.25) is 4.79 Å². The molecule has 1 amide bonds. The van der Waals surface area contributed by atoms with E-state index in [2.05, 4.69) is 10.1 Å². The van der Waals surface area contributed by atoms with E-state index in [-0.39, 0.29) is 18.2 Å². The third kappa shape index (κ3) is 4.11. The van der Waals surface area contributed by atoms with E-state index in [1.165, 1.54) is 24.3 Å². The van der Waals surface area contributed by atoms with Crippen molar-refractivity contribution in [1.82, 2.24) is 5.32 Å². The van der Waals surface area contributed by atoms with Gasteiger partial charge >= 0.3 is 6.61 Å². The fraction of sp³-hybridized carbons (Fsp3) is 0.353. The van der Waals surface area contributed by atoms with Crippen molar-refractivity contribution < 1.29 is 27.8 Å². The molecule has 130 valence electrons. The summed E-state index contributed by atoms with van der Waals surface area (Å²) in [6.45, 7) is 2.35. The first-order valence-electron chi connectivity index (χ1n) is 7.37. The highest BCUT2D eigenvalue weighted by atomic mass is 19.3. The van der Waals surface area contributed by atoms with Gasteiger partial charge in [0.1, 0.15) is 17.3 Å². The van der Waals surface area contributed by atoms with Crippen molar-refractivity contribution >= 4 is 5.91 Å². The van der Waals surface area contributed by atoms with Gasteiger partial charge in [-0.25, -0.2) is 0 Å². The first-order valence-corrected chi connectivity index (χ1v) is 7.37. The number of furan rings is 1. The van der Waals surface area contributed by atoms with Gasteiger partial charge in [-0.05, 0) is 38.5 Å². The van der Waals surface area contributed by atoms with Gasteiger partial charge in [0, 0.05) is 12.1 Å². The molecule has 0 fully saturated rings. The Morgan fingerprint density at radius 3 is 2.33 bits per heavy atom. The van der Waals surface area contributed by atoms with Gasteiger partial charge in [-0.1, -0.05) is 12.1 Å². The van der Waals surface area contributed by atoms with Crippen molar-refractivity contribution in [2.75, 3.05) is 6.54 Å². The number of benzene rings is 1. The molecule has 0 radical (unpaired) electrons. The van der Waals surface area contributed by atoms with Crippen LogP contribution in [0.2, 0.25) is 0 Å². The molecule has 5 nitrogen and oxygen atoms in total. The number of amides is 1. The number of hydrogen-bond acceptors (Lipinski definition) is 4. The Bertz CT molecular complexity index is 710. The van der Waals surface area contributed by atoms with Crippen LogP contribution in [0.5, 0.6) is 5.75 Å². The first kappa shape index (κ1) is 17.9. The number of rotatable bonds is 6. The van der Waals surface area contributed by atoms with Gasteiger partial charge < -0.3 is 19.6 Å². The van der Waals surface area contributed by atoms with Crippen LogP contribution >= 0.6 is 0 Å². The molecule has 7 heteroatoms. The van der Waals surface area contributed by atoms with Crippen molar-refractivity contribution in [1.29, 1.82) is 0 Å². The van der Waals surface area contributed by atoms with Crippen LogP contribution in [0.3, 0.4) is 0 Å². The van der Waals surface area contributed by atoms with E-state index in [1.807, 2.05) is 0 Å². The van der Waals surface area contributed by atoms with E-state index >= 15 is 0 Å². The molecule has 1 aromatic carbocycles. The van der Waals surface area contributed by atoms with Crippen LogP contribution in [0.4, 0.5) is 8.78 Å². The maximum Gasteiger partial charge on any atom is 0.387 e. The van der Waals surface area contributed by atoms with E-state index in [9.17, 15) is 18.7 Å². The molecule has 0 aliphatic heterocycles. The predicted molar refractivity (Wildman–Crippen MR) is 83.3 cm³/mol. The molecule has 1 atom stereocenters. The lowest BCUT2D eigenvalue weighted by atomic mass is 10.1. The maximum atomic E-state index is 12.2. The Morgan fingerprint density at radius 1 is 1.21 bits per heavy atom. The van der Waals surface area contributed by atoms with Gasteiger partial charge in [-0.2, -0.15) is 8.78 Å². The topological polar surface area (TPSA) is 71.7 Å². The third-order valence-corrected chi connectivity index (χ3v) is 3.73. The van der Waals surface area contributed by atoms with Crippen LogP contribution < -0.4 is 10.1 Å². The normalized spacial score (nSPS) is 12.3. The number of carbonyl (C=O) groups excluding carboxylic acids is 1. The van der Waals surface area contributed by atoms with Gasteiger partial charge in [0.15, 0.2) is 0 Å². The van der Waals surface area contributed by atoms with Crippen LogP contribution in [0, 0.1) is 20.8 Å². The van der Waals surface area contributed by atoms with Crippen molar-refractivity contribution in [3.63, 3.8) is 0 Å². The van der Waals surface area contributed by atoms with Crippen LogP contribution in [0.15, 0.2) is 28.7 Å². The average Bonchev–Trinajstić information content (AvgIpc) is 2.77. The minimum Gasteiger partial charge on any atom is -0.466 e. The smallest absolute Gasteiger partial charge is 0.387 e. The monoisotopic (exact) mass is 339 g/mol. The van der Waals surface area contributed by atoms with E-state index in [4.69, 9.17) is 4.42 Å². The third-order valence-electron chi connectivity index (χ3n) is 3.73. The number of nitrogens with one attached hydrogen (secondary N) is 1. The van der Waals surface area contributed by atoms with Crippen LogP contribution in [0.1, 0.15) is 39.1 Å². The zero-order chi connectivity index (χ0) is 17.9. The number of ether oxygens (including phenoxy) is 1. The number of hydrogen-bond donors (Lipinski definition) is 2. The predicted octanol–water partition coefficient (Wildman–Crippen LogP) is 3.27. The first-order chi connectivity index (χ1) is 11.3. The Kier molecular flexibility index (Phi) is 5.56. The number of aryl methyl sites for hydroxylation is 2. The Hall–Kier alpha value is -2.41. The summed E-state index contributed by atoms with van der Waals surface area (Å²) in [6, 6.07) is 5.60. The summed E-state index contributed by atoms with van der Waals surface area (Å²) in [6.07, 6.45) is -0.969. The number of halogens is 2. The summed E-state index contributed by atoms with van der Waals surface area (Å²) in [4.78, 5) is 12.2. The van der Waals surface area contributed by atoms with Crippen molar-refractivity contribution in [3.05, 3.63) is 52.5 Å². The lowest BCUT2D eigenvalue weighted by Gasteiger charge is -2.13. The highest BCUT2D eigenvalue weighted by molar-refractivity contribution is 5.96. The fourth-order valence-corrected chi connectivity index (χ4v) is 2.39. The SMILES string of the molecule is Cc1oc(C)c(C(=O)NCC(O)c2ccc(OC(F)F)cc2)c1C. The number of aliphatic hydroxyl groups is 1. The Labute approximate surface area is 138 Å². The fourth-order valence-electron chi connectivity index (χ4n) is 2.39. The Morgan fingerprint density at radius 2 is 1.83 bits per heavy atom. The summed E-state index contributed by atoms with van der Waals surface area (Å²) in [5, 5.41) is 12.7. The van der Waals surface area contributed by atoms with Crippen molar-refractivity contribution in [3.8, 4) is 5.75 Å². The minimum absolute atomic E-state index is 0.00473. The molecule has 2 aromatic rings. The lowest BCUT2D eigenvalue weighted by molar-refractivity contribution is -0.0498. The van der Waals surface area contributed by atoms with E-state index < -0.39 is 12.7 Å². The highest BCUT2D eigenvalue weighted by Crippen LogP contribution is 2.21. The van der Waals surface area contributed by atoms with Crippen LogP contribution in [0.25, 0.3) is 0 Å². The lowest BCUT2D eigenvalue weighted by Crippen LogP contribution is -2.29. The van der Waals surface area contributed by atoms with E-state index in [0.29, 0.717) is 22.6 Å². The van der Waals surface area contributed by atoms with Crippen molar-refractivity contribution in [2.24, 2.45) is 0 Å².